The Morgan fingerprint density at radius 1 is 0.966 bits per heavy atom. The minimum absolute atomic E-state index is 0.143. The Hall–Kier alpha value is -3.09. The van der Waals surface area contributed by atoms with Crippen molar-refractivity contribution in [3.8, 4) is 17.0 Å². The van der Waals surface area contributed by atoms with Gasteiger partial charge in [-0.25, -0.2) is 12.4 Å². The van der Waals surface area contributed by atoms with Crippen molar-refractivity contribution in [3.63, 3.8) is 0 Å². The van der Waals surface area contributed by atoms with Gasteiger partial charge in [-0.1, -0.05) is 29.8 Å². The Labute approximate surface area is 173 Å². The van der Waals surface area contributed by atoms with E-state index in [9.17, 15) is 13.2 Å². The Bertz CT molecular complexity index is 1330. The smallest absolute Gasteiger partial charge is 0.268 e. The average Bonchev–Trinajstić information content (AvgIpc) is 3.13. The number of methoxy groups -OCH3 is 1. The molecule has 146 valence electrons. The molecule has 0 spiro atoms. The molecule has 4 aromatic rings. The summed E-state index contributed by atoms with van der Waals surface area (Å²) in [6.45, 7) is 0. The van der Waals surface area contributed by atoms with Crippen LogP contribution in [-0.2, 0) is 10.0 Å². The van der Waals surface area contributed by atoms with Gasteiger partial charge in [-0.15, -0.1) is 0 Å². The van der Waals surface area contributed by atoms with Crippen molar-refractivity contribution in [2.75, 3.05) is 7.11 Å². The zero-order valence-corrected chi connectivity index (χ0v) is 16.9. The molecule has 1 heterocycles. The lowest BCUT2D eigenvalue weighted by molar-refractivity contribution is 0.112. The molecule has 0 N–H and O–H groups in total. The normalized spacial score (nSPS) is 11.5. The summed E-state index contributed by atoms with van der Waals surface area (Å²) in [7, 11) is -2.40. The Kier molecular flexibility index (Phi) is 4.90. The van der Waals surface area contributed by atoms with Gasteiger partial charge in [-0.05, 0) is 54.6 Å². The van der Waals surface area contributed by atoms with Crippen LogP contribution in [0.4, 0.5) is 0 Å². The fourth-order valence-electron chi connectivity index (χ4n) is 3.29. The van der Waals surface area contributed by atoms with Crippen LogP contribution in [0.25, 0.3) is 22.2 Å². The number of carbonyl (C=O) groups excluding carboxylic acids is 1. The molecule has 0 unspecified atom stereocenters. The molecule has 0 atom stereocenters. The van der Waals surface area contributed by atoms with Crippen molar-refractivity contribution in [3.05, 3.63) is 83.4 Å². The van der Waals surface area contributed by atoms with Gasteiger partial charge in [0, 0.05) is 21.5 Å². The second-order valence-corrected chi connectivity index (χ2v) is 8.61. The molecule has 0 bridgehead atoms. The van der Waals surface area contributed by atoms with E-state index in [1.54, 1.807) is 67.8 Å². The summed E-state index contributed by atoms with van der Waals surface area (Å²) in [6.07, 6.45) is 0.684. The van der Waals surface area contributed by atoms with E-state index in [4.69, 9.17) is 16.3 Å². The van der Waals surface area contributed by atoms with Crippen molar-refractivity contribution in [1.29, 1.82) is 0 Å². The fourth-order valence-corrected chi connectivity index (χ4v) is 5.01. The number of rotatable bonds is 5. The maximum atomic E-state index is 13.6. The fraction of sp³-hybridized carbons (Fsp3) is 0.0455. The standard InChI is InChI=1S/C22H16ClNO4S/c1-28-18-9-10-21-16(11-18)12-22(20-13-17(23)8-7-15(20)14-25)24(21)29(26,27)19-5-3-2-4-6-19/h2-14H,1H3. The molecule has 5 nitrogen and oxygen atoms in total. The van der Waals surface area contributed by atoms with Crippen LogP contribution in [0, 0.1) is 0 Å². The lowest BCUT2D eigenvalue weighted by Crippen LogP contribution is -2.14. The van der Waals surface area contributed by atoms with Crippen LogP contribution in [0.2, 0.25) is 5.02 Å². The number of aldehydes is 1. The summed E-state index contributed by atoms with van der Waals surface area (Å²) in [5.74, 6) is 0.597. The SMILES string of the molecule is COc1ccc2c(c1)cc(-c1cc(Cl)ccc1C=O)n2S(=O)(=O)c1ccccc1. The van der Waals surface area contributed by atoms with Crippen LogP contribution < -0.4 is 4.74 Å². The number of aromatic nitrogens is 1. The van der Waals surface area contributed by atoms with Gasteiger partial charge >= 0.3 is 0 Å². The van der Waals surface area contributed by atoms with E-state index in [1.165, 1.54) is 16.1 Å². The van der Waals surface area contributed by atoms with Crippen LogP contribution in [0.3, 0.4) is 0 Å². The number of ether oxygens (including phenoxy) is 1. The zero-order valence-electron chi connectivity index (χ0n) is 15.4. The lowest BCUT2D eigenvalue weighted by Gasteiger charge is -2.14. The quantitative estimate of drug-likeness (QED) is 0.421. The Morgan fingerprint density at radius 2 is 1.72 bits per heavy atom. The summed E-state index contributed by atoms with van der Waals surface area (Å²) < 4.78 is 33.6. The first kappa shape index (κ1) is 19.2. The van der Waals surface area contributed by atoms with Crippen molar-refractivity contribution < 1.29 is 17.9 Å². The van der Waals surface area contributed by atoms with E-state index in [1.807, 2.05) is 0 Å². The summed E-state index contributed by atoms with van der Waals surface area (Å²) in [5.41, 5.74) is 1.60. The van der Waals surface area contributed by atoms with Gasteiger partial charge < -0.3 is 4.74 Å². The molecular formula is C22H16ClNO4S. The van der Waals surface area contributed by atoms with Crippen molar-refractivity contribution in [1.82, 2.24) is 3.97 Å². The Morgan fingerprint density at radius 3 is 2.41 bits per heavy atom. The number of hydrogen-bond acceptors (Lipinski definition) is 4. The zero-order chi connectivity index (χ0) is 20.6. The first-order chi connectivity index (χ1) is 14.0. The third-order valence-corrected chi connectivity index (χ3v) is 6.64. The van der Waals surface area contributed by atoms with E-state index in [0.717, 1.165) is 0 Å². The summed E-state index contributed by atoms with van der Waals surface area (Å²) in [4.78, 5) is 11.8. The summed E-state index contributed by atoms with van der Waals surface area (Å²) in [5, 5.41) is 1.06. The van der Waals surface area contributed by atoms with E-state index in [-0.39, 0.29) is 4.90 Å². The molecule has 0 fully saturated rings. The van der Waals surface area contributed by atoms with Crippen molar-refractivity contribution >= 4 is 38.8 Å². The Balaban J connectivity index is 2.12. The average molecular weight is 426 g/mol. The largest absolute Gasteiger partial charge is 0.497 e. The second kappa shape index (κ2) is 7.39. The van der Waals surface area contributed by atoms with E-state index in [2.05, 4.69) is 0 Å². The van der Waals surface area contributed by atoms with Gasteiger partial charge in [0.2, 0.25) is 0 Å². The van der Waals surface area contributed by atoms with Crippen LogP contribution in [-0.4, -0.2) is 25.8 Å². The van der Waals surface area contributed by atoms with Crippen LogP contribution in [0.5, 0.6) is 5.75 Å². The highest BCUT2D eigenvalue weighted by Crippen LogP contribution is 2.36. The first-order valence-electron chi connectivity index (χ1n) is 8.71. The molecular weight excluding hydrogens is 410 g/mol. The molecule has 0 aliphatic heterocycles. The molecule has 0 saturated heterocycles. The molecule has 1 aromatic heterocycles. The summed E-state index contributed by atoms with van der Waals surface area (Å²) in [6, 6.07) is 19.8. The predicted octanol–water partition coefficient (Wildman–Crippen LogP) is 5.02. The monoisotopic (exact) mass is 425 g/mol. The molecule has 3 aromatic carbocycles. The third-order valence-electron chi connectivity index (χ3n) is 4.66. The summed E-state index contributed by atoms with van der Waals surface area (Å²) >= 11 is 6.16. The first-order valence-corrected chi connectivity index (χ1v) is 10.5. The van der Waals surface area contributed by atoms with E-state index in [0.29, 0.717) is 44.8 Å². The highest BCUT2D eigenvalue weighted by molar-refractivity contribution is 7.90. The minimum Gasteiger partial charge on any atom is -0.497 e. The molecule has 29 heavy (non-hydrogen) atoms. The molecule has 0 saturated carbocycles. The predicted molar refractivity (Wildman–Crippen MR) is 113 cm³/mol. The van der Waals surface area contributed by atoms with Gasteiger partial charge in [-0.3, -0.25) is 4.79 Å². The molecule has 7 heteroatoms. The maximum absolute atomic E-state index is 13.6. The van der Waals surface area contributed by atoms with Crippen molar-refractivity contribution in [2.24, 2.45) is 0 Å². The van der Waals surface area contributed by atoms with Gasteiger partial charge in [0.15, 0.2) is 6.29 Å². The highest BCUT2D eigenvalue weighted by Gasteiger charge is 2.25. The van der Waals surface area contributed by atoms with Crippen molar-refractivity contribution in [2.45, 2.75) is 4.90 Å². The molecule has 0 aliphatic rings. The molecule has 0 radical (unpaired) electrons. The molecule has 4 rings (SSSR count). The number of benzene rings is 3. The second-order valence-electron chi connectivity index (χ2n) is 6.39. The number of halogens is 1. The molecule has 0 aliphatic carbocycles. The van der Waals surface area contributed by atoms with E-state index < -0.39 is 10.0 Å². The van der Waals surface area contributed by atoms with Crippen LogP contribution in [0.1, 0.15) is 10.4 Å². The number of carbonyl (C=O) groups is 1. The van der Waals surface area contributed by atoms with Crippen LogP contribution >= 0.6 is 11.6 Å². The lowest BCUT2D eigenvalue weighted by atomic mass is 10.1. The number of fused-ring (bicyclic) bond motifs is 1. The van der Waals surface area contributed by atoms with Gasteiger partial charge in [0.05, 0.1) is 23.2 Å². The van der Waals surface area contributed by atoms with E-state index >= 15 is 0 Å². The highest BCUT2D eigenvalue weighted by atomic mass is 35.5. The number of nitrogens with zero attached hydrogens (tertiary/aromatic N) is 1. The van der Waals surface area contributed by atoms with Gasteiger partial charge in [-0.2, -0.15) is 0 Å². The van der Waals surface area contributed by atoms with Gasteiger partial charge in [0.25, 0.3) is 10.0 Å². The molecule has 0 amide bonds. The number of hydrogen-bond donors (Lipinski definition) is 0. The van der Waals surface area contributed by atoms with Gasteiger partial charge in [0.1, 0.15) is 5.75 Å². The topological polar surface area (TPSA) is 65.4 Å². The third kappa shape index (κ3) is 3.30. The van der Waals surface area contributed by atoms with Crippen LogP contribution in [0.15, 0.2) is 77.7 Å². The minimum atomic E-state index is -3.94. The maximum Gasteiger partial charge on any atom is 0.268 e.